The molecule has 1 aromatic heterocycles. The number of hydrogen-bond acceptors (Lipinski definition) is 4. The smallest absolute Gasteiger partial charge is 0.323 e. The summed E-state index contributed by atoms with van der Waals surface area (Å²) in [6, 6.07) is 16.4. The van der Waals surface area contributed by atoms with Gasteiger partial charge in [-0.1, -0.05) is 12.1 Å². The Morgan fingerprint density at radius 1 is 1.00 bits per heavy atom. The maximum atomic E-state index is 13.4. The van der Waals surface area contributed by atoms with E-state index in [-0.39, 0.29) is 28.9 Å². The maximum Gasteiger partial charge on any atom is 0.323 e. The molecule has 0 saturated carbocycles. The van der Waals surface area contributed by atoms with Crippen LogP contribution in [0.5, 0.6) is 0 Å². The first-order valence-corrected chi connectivity index (χ1v) is 11.6. The molecule has 0 aliphatic rings. The number of aromatic amines is 2. The molecule has 8 nitrogen and oxygen atoms in total. The summed E-state index contributed by atoms with van der Waals surface area (Å²) in [5, 5.41) is 0. The number of fused-ring (bicyclic) bond motifs is 1. The van der Waals surface area contributed by atoms with Gasteiger partial charge < -0.3 is 14.9 Å². The number of anilines is 1. The first-order valence-electron chi connectivity index (χ1n) is 10.1. The van der Waals surface area contributed by atoms with Gasteiger partial charge >= 0.3 is 5.69 Å². The van der Waals surface area contributed by atoms with Gasteiger partial charge in [-0.3, -0.25) is 9.52 Å². The van der Waals surface area contributed by atoms with E-state index in [1.807, 2.05) is 6.92 Å². The minimum absolute atomic E-state index is 0.0161. The number of imidazole rings is 1. The van der Waals surface area contributed by atoms with Crippen LogP contribution in [0.25, 0.3) is 11.0 Å². The summed E-state index contributed by atoms with van der Waals surface area (Å²) in [5.74, 6) is -0.618. The molecular weight excluding hydrogens is 447 g/mol. The number of nitrogens with one attached hydrogen (secondary N) is 3. The monoisotopic (exact) mass is 468 g/mol. The van der Waals surface area contributed by atoms with Crippen LogP contribution >= 0.6 is 0 Å². The van der Waals surface area contributed by atoms with Crippen LogP contribution in [0.4, 0.5) is 10.1 Å². The van der Waals surface area contributed by atoms with Crippen molar-refractivity contribution < 1.29 is 17.6 Å². The SMILES string of the molecule is CCN(Cc1cccc(F)c1)C(=O)c1ccc(NS(=O)(=O)c2ccc3[nH]c(=O)[nH]c3c2)cc1. The Hall–Kier alpha value is -3.92. The minimum atomic E-state index is -3.91. The highest BCUT2D eigenvalue weighted by Crippen LogP contribution is 2.20. The Bertz CT molecular complexity index is 1480. The second-order valence-corrected chi connectivity index (χ2v) is 9.10. The first-order chi connectivity index (χ1) is 15.7. The lowest BCUT2D eigenvalue weighted by Gasteiger charge is -2.21. The fourth-order valence-corrected chi connectivity index (χ4v) is 4.52. The molecule has 3 N–H and O–H groups in total. The Labute approximate surface area is 189 Å². The molecule has 0 unspecified atom stereocenters. The van der Waals surface area contributed by atoms with Gasteiger partial charge in [0.05, 0.1) is 15.9 Å². The molecule has 170 valence electrons. The number of hydrogen-bond donors (Lipinski definition) is 3. The fraction of sp³-hybridized carbons (Fsp3) is 0.130. The summed E-state index contributed by atoms with van der Waals surface area (Å²) in [7, 11) is -3.91. The number of sulfonamides is 1. The number of aromatic nitrogens is 2. The summed E-state index contributed by atoms with van der Waals surface area (Å²) in [4.78, 5) is 30.9. The van der Waals surface area contributed by atoms with E-state index in [9.17, 15) is 22.4 Å². The number of benzene rings is 3. The number of nitrogens with zero attached hydrogens (tertiary/aromatic N) is 1. The van der Waals surface area contributed by atoms with Crippen LogP contribution in [0, 0.1) is 5.82 Å². The number of rotatable bonds is 7. The second-order valence-electron chi connectivity index (χ2n) is 7.42. The molecule has 1 amide bonds. The summed E-state index contributed by atoms with van der Waals surface area (Å²) >= 11 is 0. The molecule has 0 aliphatic carbocycles. The van der Waals surface area contributed by atoms with Gasteiger partial charge in [0.15, 0.2) is 0 Å². The Morgan fingerprint density at radius 3 is 2.42 bits per heavy atom. The lowest BCUT2D eigenvalue weighted by Crippen LogP contribution is -2.30. The van der Waals surface area contributed by atoms with Gasteiger partial charge in [0.25, 0.3) is 15.9 Å². The van der Waals surface area contributed by atoms with Crippen molar-refractivity contribution >= 4 is 32.7 Å². The van der Waals surface area contributed by atoms with E-state index in [1.54, 1.807) is 17.0 Å². The Kier molecular flexibility index (Phi) is 6.01. The lowest BCUT2D eigenvalue weighted by atomic mass is 10.1. The zero-order chi connectivity index (χ0) is 23.6. The maximum absolute atomic E-state index is 13.4. The molecule has 0 saturated heterocycles. The highest BCUT2D eigenvalue weighted by molar-refractivity contribution is 7.92. The Morgan fingerprint density at radius 2 is 1.73 bits per heavy atom. The average molecular weight is 469 g/mol. The second kappa shape index (κ2) is 8.91. The summed E-state index contributed by atoms with van der Waals surface area (Å²) < 4.78 is 41.4. The topological polar surface area (TPSA) is 115 Å². The van der Waals surface area contributed by atoms with Gasteiger partial charge in [0.2, 0.25) is 0 Å². The van der Waals surface area contributed by atoms with Crippen LogP contribution < -0.4 is 10.4 Å². The molecule has 0 spiro atoms. The van der Waals surface area contributed by atoms with E-state index < -0.39 is 15.7 Å². The highest BCUT2D eigenvalue weighted by Gasteiger charge is 2.18. The highest BCUT2D eigenvalue weighted by atomic mass is 32.2. The van der Waals surface area contributed by atoms with Crippen molar-refractivity contribution in [2.24, 2.45) is 0 Å². The minimum Gasteiger partial charge on any atom is -0.335 e. The molecule has 10 heteroatoms. The van der Waals surface area contributed by atoms with E-state index in [4.69, 9.17) is 0 Å². The van der Waals surface area contributed by atoms with E-state index >= 15 is 0 Å². The molecule has 33 heavy (non-hydrogen) atoms. The third-order valence-electron chi connectivity index (χ3n) is 5.11. The summed E-state index contributed by atoms with van der Waals surface area (Å²) in [6.07, 6.45) is 0. The molecule has 4 aromatic rings. The summed E-state index contributed by atoms with van der Waals surface area (Å²) in [5.41, 5.74) is 1.79. The third-order valence-corrected chi connectivity index (χ3v) is 6.49. The zero-order valence-electron chi connectivity index (χ0n) is 17.6. The van der Waals surface area contributed by atoms with Crippen LogP contribution in [-0.4, -0.2) is 35.7 Å². The zero-order valence-corrected chi connectivity index (χ0v) is 18.4. The molecule has 3 aromatic carbocycles. The van der Waals surface area contributed by atoms with Gasteiger partial charge in [-0.15, -0.1) is 0 Å². The van der Waals surface area contributed by atoms with Crippen LogP contribution in [0.15, 0.2) is 76.4 Å². The average Bonchev–Trinajstić information content (AvgIpc) is 3.16. The first kappa shape index (κ1) is 22.3. The van der Waals surface area contributed by atoms with Gasteiger partial charge in [-0.2, -0.15) is 0 Å². The molecule has 0 aliphatic heterocycles. The molecular formula is C23H21FN4O4S. The molecule has 0 atom stereocenters. The number of carbonyl (C=O) groups excluding carboxylic acids is 1. The summed E-state index contributed by atoms with van der Waals surface area (Å²) in [6.45, 7) is 2.51. The molecule has 4 rings (SSSR count). The van der Waals surface area contributed by atoms with Crippen molar-refractivity contribution in [1.29, 1.82) is 0 Å². The number of carbonyl (C=O) groups is 1. The quantitative estimate of drug-likeness (QED) is 0.385. The van der Waals surface area contributed by atoms with Gasteiger partial charge in [-0.05, 0) is 67.1 Å². The number of halogens is 1. The van der Waals surface area contributed by atoms with Crippen molar-refractivity contribution in [3.05, 3.63) is 94.2 Å². The predicted octanol–water partition coefficient (Wildman–Crippen LogP) is 3.46. The van der Waals surface area contributed by atoms with Crippen molar-refractivity contribution in [3.8, 4) is 0 Å². The van der Waals surface area contributed by atoms with Crippen LogP contribution in [0.1, 0.15) is 22.8 Å². The van der Waals surface area contributed by atoms with Gasteiger partial charge in [0, 0.05) is 24.3 Å². The normalized spacial score (nSPS) is 11.5. The van der Waals surface area contributed by atoms with Crippen LogP contribution in [0.3, 0.4) is 0 Å². The number of amides is 1. The molecule has 0 radical (unpaired) electrons. The van der Waals surface area contributed by atoms with E-state index in [0.717, 1.165) is 0 Å². The molecule has 0 fully saturated rings. The van der Waals surface area contributed by atoms with Crippen molar-refractivity contribution in [2.75, 3.05) is 11.3 Å². The predicted molar refractivity (Wildman–Crippen MR) is 123 cm³/mol. The third kappa shape index (κ3) is 4.96. The van der Waals surface area contributed by atoms with Gasteiger partial charge in [0.1, 0.15) is 5.82 Å². The van der Waals surface area contributed by atoms with Crippen molar-refractivity contribution in [1.82, 2.24) is 14.9 Å². The molecule has 1 heterocycles. The van der Waals surface area contributed by atoms with Crippen LogP contribution in [-0.2, 0) is 16.6 Å². The van der Waals surface area contributed by atoms with E-state index in [1.165, 1.54) is 54.6 Å². The van der Waals surface area contributed by atoms with Crippen molar-refractivity contribution in [2.45, 2.75) is 18.4 Å². The standard InChI is InChI=1S/C23H21FN4O4S/c1-2-28(14-15-4-3-5-17(24)12-15)22(29)16-6-8-18(9-7-16)27-33(31,32)19-10-11-20-21(13-19)26-23(30)25-20/h3-13,27H,2,14H2,1H3,(H2,25,26,30). The largest absolute Gasteiger partial charge is 0.335 e. The van der Waals surface area contributed by atoms with Crippen LogP contribution in [0.2, 0.25) is 0 Å². The lowest BCUT2D eigenvalue weighted by molar-refractivity contribution is 0.0752. The number of H-pyrrole nitrogens is 2. The fourth-order valence-electron chi connectivity index (χ4n) is 3.44. The van der Waals surface area contributed by atoms with E-state index in [2.05, 4.69) is 14.7 Å². The molecule has 0 bridgehead atoms. The Balaban J connectivity index is 1.49. The van der Waals surface area contributed by atoms with E-state index in [0.29, 0.717) is 28.7 Å². The van der Waals surface area contributed by atoms with Crippen molar-refractivity contribution in [3.63, 3.8) is 0 Å². The van der Waals surface area contributed by atoms with Gasteiger partial charge in [-0.25, -0.2) is 17.6 Å².